The number of thioether (sulfide) groups is 1. The maximum Gasteiger partial charge on any atom is 0.338 e. The number of aromatic carboxylic acids is 1. The third-order valence-corrected chi connectivity index (χ3v) is 4.39. The van der Waals surface area contributed by atoms with E-state index in [0.29, 0.717) is 6.54 Å². The minimum absolute atomic E-state index is 0.0507. The van der Waals surface area contributed by atoms with Crippen LogP contribution in [0, 0.1) is 0 Å². The third kappa shape index (κ3) is 3.41. The Morgan fingerprint density at radius 1 is 1.52 bits per heavy atom. The van der Waals surface area contributed by atoms with E-state index < -0.39 is 11.2 Å². The standard InChI is InChI=1S/C14H16N2O4S/c1-2-3-7-16-11(17)8-10(13(16)18)21-12-9(14(19)20)5-4-6-15-12/h4-6,10H,2-3,7-8H2,1H3,(H,19,20)/t10-/m1/s1. The number of rotatable bonds is 6. The lowest BCUT2D eigenvalue weighted by atomic mass is 10.3. The highest BCUT2D eigenvalue weighted by atomic mass is 32.2. The summed E-state index contributed by atoms with van der Waals surface area (Å²) in [5.41, 5.74) is 0.0507. The maximum atomic E-state index is 12.2. The second-order valence-corrected chi connectivity index (χ2v) is 5.90. The van der Waals surface area contributed by atoms with Crippen molar-refractivity contribution in [2.75, 3.05) is 6.54 Å². The highest BCUT2D eigenvalue weighted by Gasteiger charge is 2.39. The fraction of sp³-hybridized carbons (Fsp3) is 0.429. The van der Waals surface area contributed by atoms with Crippen LogP contribution in [0.15, 0.2) is 23.4 Å². The highest BCUT2D eigenvalue weighted by molar-refractivity contribution is 8.00. The molecule has 2 heterocycles. The predicted molar refractivity (Wildman–Crippen MR) is 77.1 cm³/mol. The number of pyridine rings is 1. The van der Waals surface area contributed by atoms with Crippen LogP contribution in [-0.4, -0.2) is 44.6 Å². The summed E-state index contributed by atoms with van der Waals surface area (Å²) in [7, 11) is 0. The number of carbonyl (C=O) groups is 3. The van der Waals surface area contributed by atoms with Crippen molar-refractivity contribution < 1.29 is 19.5 Å². The first-order valence-electron chi connectivity index (χ1n) is 6.73. The quantitative estimate of drug-likeness (QED) is 0.806. The van der Waals surface area contributed by atoms with Crippen LogP contribution in [0.2, 0.25) is 0 Å². The molecule has 1 aliphatic rings. The Kier molecular flexibility index (Phi) is 4.95. The van der Waals surface area contributed by atoms with Gasteiger partial charge in [-0.25, -0.2) is 9.78 Å². The third-order valence-electron chi connectivity index (χ3n) is 3.19. The van der Waals surface area contributed by atoms with Gasteiger partial charge in [-0.1, -0.05) is 25.1 Å². The fourth-order valence-corrected chi connectivity index (χ4v) is 3.21. The summed E-state index contributed by atoms with van der Waals surface area (Å²) < 4.78 is 0. The molecule has 0 aliphatic carbocycles. The molecule has 1 saturated heterocycles. The molecule has 0 unspecified atom stereocenters. The van der Waals surface area contributed by atoms with E-state index in [1.165, 1.54) is 23.2 Å². The number of carboxylic acid groups (broad SMARTS) is 1. The molecule has 0 spiro atoms. The zero-order valence-corrected chi connectivity index (χ0v) is 12.4. The molecule has 112 valence electrons. The van der Waals surface area contributed by atoms with Gasteiger partial charge in [-0.2, -0.15) is 0 Å². The summed E-state index contributed by atoms with van der Waals surface area (Å²) in [5, 5.41) is 8.80. The Balaban J connectivity index is 2.13. The molecule has 0 radical (unpaired) electrons. The molecule has 1 aliphatic heterocycles. The topological polar surface area (TPSA) is 87.6 Å². The average Bonchev–Trinajstić information content (AvgIpc) is 2.72. The molecular weight excluding hydrogens is 292 g/mol. The summed E-state index contributed by atoms with van der Waals surface area (Å²) in [4.78, 5) is 40.5. The molecule has 2 rings (SSSR count). The number of amides is 2. The number of carbonyl (C=O) groups excluding carboxylic acids is 2. The van der Waals surface area contributed by atoms with Gasteiger partial charge in [0.15, 0.2) is 0 Å². The summed E-state index contributed by atoms with van der Waals surface area (Å²) in [6.07, 6.45) is 3.25. The summed E-state index contributed by atoms with van der Waals surface area (Å²) in [6, 6.07) is 2.97. The molecule has 0 aromatic carbocycles. The van der Waals surface area contributed by atoms with Gasteiger partial charge in [0.05, 0.1) is 10.8 Å². The van der Waals surface area contributed by atoms with E-state index in [0.717, 1.165) is 24.6 Å². The van der Waals surface area contributed by atoms with Crippen LogP contribution in [0.3, 0.4) is 0 Å². The zero-order chi connectivity index (χ0) is 15.4. The Hall–Kier alpha value is -1.89. The summed E-state index contributed by atoms with van der Waals surface area (Å²) in [5.74, 6) is -1.54. The number of aromatic nitrogens is 1. The second-order valence-electron chi connectivity index (χ2n) is 4.71. The molecule has 0 bridgehead atoms. The molecule has 1 atom stereocenters. The van der Waals surface area contributed by atoms with Gasteiger partial charge in [0.25, 0.3) is 0 Å². The molecule has 7 heteroatoms. The van der Waals surface area contributed by atoms with Gasteiger partial charge in [0.1, 0.15) is 5.03 Å². The molecule has 6 nitrogen and oxygen atoms in total. The normalized spacial score (nSPS) is 18.3. The van der Waals surface area contributed by atoms with Gasteiger partial charge in [-0.3, -0.25) is 14.5 Å². The van der Waals surface area contributed by atoms with Crippen molar-refractivity contribution in [3.63, 3.8) is 0 Å². The largest absolute Gasteiger partial charge is 0.478 e. The van der Waals surface area contributed by atoms with E-state index in [1.807, 2.05) is 6.92 Å². The first-order chi connectivity index (χ1) is 10.0. The van der Waals surface area contributed by atoms with Crippen molar-refractivity contribution in [1.29, 1.82) is 0 Å². The van der Waals surface area contributed by atoms with Crippen molar-refractivity contribution in [3.8, 4) is 0 Å². The Labute approximate surface area is 126 Å². The van der Waals surface area contributed by atoms with E-state index in [2.05, 4.69) is 4.98 Å². The molecule has 1 aromatic heterocycles. The van der Waals surface area contributed by atoms with Crippen molar-refractivity contribution in [3.05, 3.63) is 23.9 Å². The summed E-state index contributed by atoms with van der Waals surface area (Å²) in [6.45, 7) is 2.42. The number of hydrogen-bond acceptors (Lipinski definition) is 5. The fourth-order valence-electron chi connectivity index (χ4n) is 2.08. The Bertz CT molecular complexity index is 576. The SMILES string of the molecule is CCCCN1C(=O)C[C@@H](Sc2ncccc2C(=O)O)C1=O. The Morgan fingerprint density at radius 3 is 2.95 bits per heavy atom. The van der Waals surface area contributed by atoms with Crippen LogP contribution in [0.4, 0.5) is 0 Å². The van der Waals surface area contributed by atoms with E-state index >= 15 is 0 Å². The number of likely N-dealkylation sites (tertiary alicyclic amines) is 1. The van der Waals surface area contributed by atoms with Crippen LogP contribution >= 0.6 is 11.8 Å². The van der Waals surface area contributed by atoms with Gasteiger partial charge >= 0.3 is 5.97 Å². The maximum absolute atomic E-state index is 12.2. The molecule has 0 saturated carbocycles. The number of imide groups is 1. The molecule has 1 fully saturated rings. The monoisotopic (exact) mass is 308 g/mol. The lowest BCUT2D eigenvalue weighted by Crippen LogP contribution is -2.32. The molecular formula is C14H16N2O4S. The minimum Gasteiger partial charge on any atom is -0.478 e. The lowest BCUT2D eigenvalue weighted by Gasteiger charge is -2.14. The predicted octanol–water partition coefficient (Wildman–Crippen LogP) is 1.80. The van der Waals surface area contributed by atoms with Crippen LogP contribution in [0.5, 0.6) is 0 Å². The van der Waals surface area contributed by atoms with Crippen molar-refractivity contribution in [1.82, 2.24) is 9.88 Å². The van der Waals surface area contributed by atoms with Crippen LogP contribution in [0.1, 0.15) is 36.5 Å². The lowest BCUT2D eigenvalue weighted by molar-refractivity contribution is -0.138. The first kappa shape index (κ1) is 15.5. The van der Waals surface area contributed by atoms with Crippen molar-refractivity contribution >= 4 is 29.5 Å². The van der Waals surface area contributed by atoms with E-state index in [1.54, 1.807) is 0 Å². The molecule has 2 amide bonds. The van der Waals surface area contributed by atoms with E-state index in [4.69, 9.17) is 5.11 Å². The Morgan fingerprint density at radius 2 is 2.29 bits per heavy atom. The second kappa shape index (κ2) is 6.71. The van der Waals surface area contributed by atoms with Crippen molar-refractivity contribution in [2.45, 2.75) is 36.5 Å². The number of nitrogens with zero attached hydrogens (tertiary/aromatic N) is 2. The average molecular weight is 308 g/mol. The zero-order valence-electron chi connectivity index (χ0n) is 11.6. The van der Waals surface area contributed by atoms with Crippen LogP contribution in [0.25, 0.3) is 0 Å². The van der Waals surface area contributed by atoms with Crippen LogP contribution in [-0.2, 0) is 9.59 Å². The van der Waals surface area contributed by atoms with Gasteiger partial charge in [-0.05, 0) is 18.6 Å². The van der Waals surface area contributed by atoms with E-state index in [9.17, 15) is 14.4 Å². The van der Waals surface area contributed by atoms with Crippen molar-refractivity contribution in [2.24, 2.45) is 0 Å². The molecule has 1 aromatic rings. The molecule has 21 heavy (non-hydrogen) atoms. The highest BCUT2D eigenvalue weighted by Crippen LogP contribution is 2.32. The smallest absolute Gasteiger partial charge is 0.338 e. The van der Waals surface area contributed by atoms with Crippen LogP contribution < -0.4 is 0 Å². The number of hydrogen-bond donors (Lipinski definition) is 1. The minimum atomic E-state index is -1.09. The summed E-state index contributed by atoms with van der Waals surface area (Å²) >= 11 is 1.05. The number of unbranched alkanes of at least 4 members (excludes halogenated alkanes) is 1. The van der Waals surface area contributed by atoms with Gasteiger partial charge in [-0.15, -0.1) is 0 Å². The first-order valence-corrected chi connectivity index (χ1v) is 7.61. The van der Waals surface area contributed by atoms with Gasteiger partial charge in [0, 0.05) is 19.2 Å². The van der Waals surface area contributed by atoms with E-state index in [-0.39, 0.29) is 28.8 Å². The molecule has 1 N–H and O–H groups in total. The van der Waals surface area contributed by atoms with Gasteiger partial charge < -0.3 is 5.11 Å². The number of carboxylic acids is 1. The van der Waals surface area contributed by atoms with Gasteiger partial charge in [0.2, 0.25) is 11.8 Å².